The molecule has 0 spiro atoms. The number of halogens is 1. The highest BCUT2D eigenvalue weighted by atomic mass is 35.5. The maximum absolute atomic E-state index is 5.70. The Morgan fingerprint density at radius 2 is 2.12 bits per heavy atom. The van der Waals surface area contributed by atoms with Crippen molar-refractivity contribution in [2.24, 2.45) is 0 Å². The molecule has 1 fully saturated rings. The van der Waals surface area contributed by atoms with Gasteiger partial charge in [0.25, 0.3) is 5.89 Å². The monoisotopic (exact) mass is 253 g/mol. The number of furan rings is 1. The summed E-state index contributed by atoms with van der Waals surface area (Å²) in [4.78, 5) is 4.36. The Morgan fingerprint density at radius 1 is 1.29 bits per heavy atom. The number of piperidine rings is 1. The molecule has 90 valence electrons. The minimum atomic E-state index is 0.321. The number of rotatable bonds is 2. The van der Waals surface area contributed by atoms with E-state index in [1.165, 1.54) is 0 Å². The van der Waals surface area contributed by atoms with E-state index in [1.807, 2.05) is 0 Å². The molecule has 2 aromatic heterocycles. The average Bonchev–Trinajstić information content (AvgIpc) is 2.98. The van der Waals surface area contributed by atoms with Crippen molar-refractivity contribution in [3.63, 3.8) is 0 Å². The number of nitrogens with zero attached hydrogens (tertiary/aromatic N) is 2. The van der Waals surface area contributed by atoms with Crippen LogP contribution >= 0.6 is 11.6 Å². The Labute approximate surface area is 103 Å². The molecular formula is C11H12ClN3O2. The van der Waals surface area contributed by atoms with Gasteiger partial charge in [0.2, 0.25) is 0 Å². The zero-order valence-corrected chi connectivity index (χ0v) is 9.91. The number of hydrogen-bond donors (Lipinski definition) is 1. The van der Waals surface area contributed by atoms with Crippen LogP contribution in [0.5, 0.6) is 0 Å². The van der Waals surface area contributed by atoms with Gasteiger partial charge in [0, 0.05) is 5.92 Å². The van der Waals surface area contributed by atoms with Crippen molar-refractivity contribution in [3.8, 4) is 11.7 Å². The van der Waals surface area contributed by atoms with Crippen LogP contribution in [0.3, 0.4) is 0 Å². The lowest BCUT2D eigenvalue weighted by Crippen LogP contribution is -2.27. The molecule has 0 aliphatic carbocycles. The molecule has 0 saturated carbocycles. The second kappa shape index (κ2) is 4.50. The third-order valence-electron chi connectivity index (χ3n) is 2.93. The van der Waals surface area contributed by atoms with Crippen molar-refractivity contribution < 1.29 is 8.94 Å². The summed E-state index contributed by atoms with van der Waals surface area (Å²) >= 11 is 5.70. The largest absolute Gasteiger partial charge is 0.440 e. The molecule has 1 N–H and O–H groups in total. The predicted molar refractivity (Wildman–Crippen MR) is 61.9 cm³/mol. The molecule has 0 bridgehead atoms. The minimum Gasteiger partial charge on any atom is -0.440 e. The highest BCUT2D eigenvalue weighted by molar-refractivity contribution is 6.28. The van der Waals surface area contributed by atoms with E-state index in [4.69, 9.17) is 20.5 Å². The normalized spacial score (nSPS) is 17.5. The standard InChI is InChI=1S/C11H12ClN3O2/c12-9-2-1-8(16-9)11-14-10(15-17-11)7-3-5-13-6-4-7/h1-2,7,13H,3-6H2. The van der Waals surface area contributed by atoms with E-state index < -0.39 is 0 Å². The highest BCUT2D eigenvalue weighted by Gasteiger charge is 2.22. The average molecular weight is 254 g/mol. The van der Waals surface area contributed by atoms with Crippen molar-refractivity contribution in [2.75, 3.05) is 13.1 Å². The Bertz CT molecular complexity index is 502. The lowest BCUT2D eigenvalue weighted by Gasteiger charge is -2.18. The van der Waals surface area contributed by atoms with Crippen LogP contribution in [-0.2, 0) is 0 Å². The van der Waals surface area contributed by atoms with Gasteiger partial charge in [-0.05, 0) is 49.7 Å². The Hall–Kier alpha value is -1.33. The fourth-order valence-corrected chi connectivity index (χ4v) is 2.16. The lowest BCUT2D eigenvalue weighted by molar-refractivity contribution is 0.386. The van der Waals surface area contributed by atoms with Crippen molar-refractivity contribution in [1.82, 2.24) is 15.5 Å². The van der Waals surface area contributed by atoms with E-state index >= 15 is 0 Å². The summed E-state index contributed by atoms with van der Waals surface area (Å²) in [5.74, 6) is 2.04. The third-order valence-corrected chi connectivity index (χ3v) is 3.13. The molecule has 2 aromatic rings. The quantitative estimate of drug-likeness (QED) is 0.891. The van der Waals surface area contributed by atoms with Gasteiger partial charge in [-0.15, -0.1) is 0 Å². The van der Waals surface area contributed by atoms with Crippen LogP contribution in [0.2, 0.25) is 5.22 Å². The summed E-state index contributed by atoms with van der Waals surface area (Å²) in [5.41, 5.74) is 0. The Morgan fingerprint density at radius 3 is 2.82 bits per heavy atom. The van der Waals surface area contributed by atoms with E-state index in [0.29, 0.717) is 22.8 Å². The van der Waals surface area contributed by atoms with Crippen LogP contribution in [0.25, 0.3) is 11.7 Å². The zero-order chi connectivity index (χ0) is 11.7. The summed E-state index contributed by atoms with van der Waals surface area (Å²) in [5, 5.41) is 7.63. The summed E-state index contributed by atoms with van der Waals surface area (Å²) < 4.78 is 10.4. The van der Waals surface area contributed by atoms with Gasteiger partial charge in [-0.25, -0.2) is 0 Å². The summed E-state index contributed by atoms with van der Waals surface area (Å²) in [6, 6.07) is 3.38. The van der Waals surface area contributed by atoms with E-state index in [1.54, 1.807) is 12.1 Å². The number of hydrogen-bond acceptors (Lipinski definition) is 5. The maximum Gasteiger partial charge on any atom is 0.293 e. The molecule has 1 aliphatic rings. The molecule has 0 atom stereocenters. The van der Waals surface area contributed by atoms with Gasteiger partial charge in [-0.1, -0.05) is 5.16 Å². The smallest absolute Gasteiger partial charge is 0.293 e. The second-order valence-corrected chi connectivity index (χ2v) is 4.46. The first-order valence-electron chi connectivity index (χ1n) is 5.63. The van der Waals surface area contributed by atoms with Crippen molar-refractivity contribution >= 4 is 11.6 Å². The van der Waals surface area contributed by atoms with Gasteiger partial charge in [-0.2, -0.15) is 4.98 Å². The van der Waals surface area contributed by atoms with E-state index in [0.717, 1.165) is 31.8 Å². The fourth-order valence-electron chi connectivity index (χ4n) is 2.01. The van der Waals surface area contributed by atoms with Crippen LogP contribution in [0.1, 0.15) is 24.6 Å². The number of nitrogens with one attached hydrogen (secondary N) is 1. The maximum atomic E-state index is 5.70. The summed E-state index contributed by atoms with van der Waals surface area (Å²) in [7, 11) is 0. The summed E-state index contributed by atoms with van der Waals surface area (Å²) in [6.07, 6.45) is 2.08. The summed E-state index contributed by atoms with van der Waals surface area (Å²) in [6.45, 7) is 2.00. The van der Waals surface area contributed by atoms with Crippen LogP contribution in [0.15, 0.2) is 21.1 Å². The first-order valence-corrected chi connectivity index (χ1v) is 6.01. The molecule has 0 amide bonds. The minimum absolute atomic E-state index is 0.321. The molecular weight excluding hydrogens is 242 g/mol. The first-order chi connectivity index (χ1) is 8.33. The molecule has 0 aromatic carbocycles. The van der Waals surface area contributed by atoms with Gasteiger partial charge in [0.1, 0.15) is 0 Å². The number of aromatic nitrogens is 2. The van der Waals surface area contributed by atoms with Gasteiger partial charge in [0.05, 0.1) is 0 Å². The Kier molecular flexibility index (Phi) is 2.86. The van der Waals surface area contributed by atoms with Crippen molar-refractivity contribution in [2.45, 2.75) is 18.8 Å². The Balaban J connectivity index is 1.82. The zero-order valence-electron chi connectivity index (χ0n) is 9.15. The van der Waals surface area contributed by atoms with Crippen molar-refractivity contribution in [3.05, 3.63) is 23.2 Å². The second-order valence-electron chi connectivity index (χ2n) is 4.09. The SMILES string of the molecule is Clc1ccc(-c2nc(C3CCNCC3)no2)o1. The molecule has 5 nitrogen and oxygen atoms in total. The van der Waals surface area contributed by atoms with E-state index in [-0.39, 0.29) is 0 Å². The van der Waals surface area contributed by atoms with Crippen LogP contribution < -0.4 is 5.32 Å². The molecule has 0 unspecified atom stereocenters. The molecule has 3 rings (SSSR count). The van der Waals surface area contributed by atoms with E-state index in [2.05, 4.69) is 15.5 Å². The molecule has 0 radical (unpaired) electrons. The van der Waals surface area contributed by atoms with Gasteiger partial charge >= 0.3 is 0 Å². The van der Waals surface area contributed by atoms with Crippen LogP contribution in [0, 0.1) is 0 Å². The third kappa shape index (κ3) is 2.21. The first kappa shape index (κ1) is 10.8. The van der Waals surface area contributed by atoms with Crippen LogP contribution in [0.4, 0.5) is 0 Å². The highest BCUT2D eigenvalue weighted by Crippen LogP contribution is 2.27. The lowest BCUT2D eigenvalue weighted by atomic mass is 9.98. The molecule has 6 heteroatoms. The van der Waals surface area contributed by atoms with Crippen molar-refractivity contribution in [1.29, 1.82) is 0 Å². The topological polar surface area (TPSA) is 64.1 Å². The van der Waals surface area contributed by atoms with Gasteiger partial charge in [-0.3, -0.25) is 0 Å². The fraction of sp³-hybridized carbons (Fsp3) is 0.455. The van der Waals surface area contributed by atoms with Gasteiger partial charge in [0.15, 0.2) is 16.8 Å². The molecule has 1 aliphatic heterocycles. The molecule has 3 heterocycles. The molecule has 17 heavy (non-hydrogen) atoms. The molecule has 1 saturated heterocycles. The van der Waals surface area contributed by atoms with E-state index in [9.17, 15) is 0 Å². The van der Waals surface area contributed by atoms with Gasteiger partial charge < -0.3 is 14.3 Å². The van der Waals surface area contributed by atoms with Crippen LogP contribution in [-0.4, -0.2) is 23.2 Å². The predicted octanol–water partition coefficient (Wildman–Crippen LogP) is 2.45.